The lowest BCUT2D eigenvalue weighted by Crippen LogP contribution is -2.35. The summed E-state index contributed by atoms with van der Waals surface area (Å²) in [6.45, 7) is 24.5. The molecule has 0 amide bonds. The highest BCUT2D eigenvalue weighted by atomic mass is 16.3. The normalized spacial score (nSPS) is 20.9. The zero-order valence-corrected chi connectivity index (χ0v) is 31.3. The highest BCUT2D eigenvalue weighted by Crippen LogP contribution is 2.47. The molecule has 1 N–H and O–H groups in total. The summed E-state index contributed by atoms with van der Waals surface area (Å²) in [5.74, 6) is 0.988. The average molecular weight is 623 g/mol. The Bertz CT molecular complexity index is 1310. The van der Waals surface area contributed by atoms with Crippen molar-refractivity contribution in [2.45, 2.75) is 115 Å². The molecule has 0 saturated heterocycles. The Morgan fingerprint density at radius 3 is 1.85 bits per heavy atom. The van der Waals surface area contributed by atoms with Gasteiger partial charge < -0.3 is 5.11 Å². The Hall–Kier alpha value is -3.16. The van der Waals surface area contributed by atoms with Gasteiger partial charge in [0.15, 0.2) is 0 Å². The van der Waals surface area contributed by atoms with Gasteiger partial charge in [0.05, 0.1) is 6.61 Å². The lowest BCUT2D eigenvalue weighted by atomic mass is 9.61. The van der Waals surface area contributed by atoms with Crippen LogP contribution in [0, 0.1) is 17.3 Å². The third-order valence-electron chi connectivity index (χ3n) is 9.03. The van der Waals surface area contributed by atoms with Crippen LogP contribution in [0.3, 0.4) is 0 Å². The Labute approximate surface area is 284 Å². The van der Waals surface area contributed by atoms with Gasteiger partial charge in [-0.25, -0.2) is 0 Å². The van der Waals surface area contributed by atoms with Crippen LogP contribution in [-0.4, -0.2) is 11.7 Å². The largest absolute Gasteiger partial charge is 0.392 e. The molecule has 0 spiro atoms. The van der Waals surface area contributed by atoms with E-state index in [2.05, 4.69) is 166 Å². The maximum absolute atomic E-state index is 9.39. The van der Waals surface area contributed by atoms with E-state index < -0.39 is 0 Å². The molecule has 1 heteroatoms. The van der Waals surface area contributed by atoms with Gasteiger partial charge in [0.2, 0.25) is 0 Å². The maximum Gasteiger partial charge on any atom is 0.0639 e. The van der Waals surface area contributed by atoms with Crippen molar-refractivity contribution >= 4 is 0 Å². The minimum Gasteiger partial charge on any atom is -0.392 e. The summed E-state index contributed by atoms with van der Waals surface area (Å²) >= 11 is 0. The van der Waals surface area contributed by atoms with Crippen molar-refractivity contribution in [1.29, 1.82) is 0 Å². The SMILES string of the molecule is CC(C)=CCC/C(C)=C/CC/C(C)=C/C=C/C(C)=C/C=C/C=C(C)/C=C/C=C(C)/C=C/[C@@H]1C(C)=CC[C@@H](C/C=C(\C)CO)C1(C)C. The van der Waals surface area contributed by atoms with Crippen LogP contribution in [0.1, 0.15) is 115 Å². The van der Waals surface area contributed by atoms with Gasteiger partial charge in [-0.05, 0) is 112 Å². The fourth-order valence-electron chi connectivity index (χ4n) is 5.67. The molecule has 0 unspecified atom stereocenters. The van der Waals surface area contributed by atoms with E-state index in [1.807, 2.05) is 6.92 Å². The van der Waals surface area contributed by atoms with Crippen LogP contribution in [0.25, 0.3) is 0 Å². The molecule has 46 heavy (non-hydrogen) atoms. The summed E-state index contributed by atoms with van der Waals surface area (Å²) in [7, 11) is 0. The van der Waals surface area contributed by atoms with E-state index in [9.17, 15) is 5.11 Å². The van der Waals surface area contributed by atoms with E-state index in [4.69, 9.17) is 0 Å². The third kappa shape index (κ3) is 17.5. The van der Waals surface area contributed by atoms with Crippen LogP contribution in [0.4, 0.5) is 0 Å². The molecule has 0 fully saturated rings. The minimum absolute atomic E-state index is 0.149. The molecule has 0 aliphatic heterocycles. The molecule has 0 aromatic heterocycles. The van der Waals surface area contributed by atoms with Crippen LogP contribution in [0.2, 0.25) is 0 Å². The smallest absolute Gasteiger partial charge is 0.0639 e. The number of aliphatic hydroxyl groups is 1. The van der Waals surface area contributed by atoms with Gasteiger partial charge >= 0.3 is 0 Å². The second kappa shape index (κ2) is 22.4. The molecule has 0 radical (unpaired) electrons. The summed E-state index contributed by atoms with van der Waals surface area (Å²) in [5, 5.41) is 9.39. The summed E-state index contributed by atoms with van der Waals surface area (Å²) < 4.78 is 0. The van der Waals surface area contributed by atoms with Gasteiger partial charge in [0.1, 0.15) is 0 Å². The lowest BCUT2D eigenvalue weighted by Gasteiger charge is -2.43. The van der Waals surface area contributed by atoms with Crippen LogP contribution >= 0.6 is 0 Å². The molecule has 0 heterocycles. The highest BCUT2D eigenvalue weighted by molar-refractivity contribution is 5.32. The lowest BCUT2D eigenvalue weighted by molar-refractivity contribution is 0.154. The first-order valence-corrected chi connectivity index (χ1v) is 17.4. The van der Waals surface area contributed by atoms with Crippen molar-refractivity contribution in [2.24, 2.45) is 17.3 Å². The second-order valence-corrected chi connectivity index (χ2v) is 14.2. The summed E-state index contributed by atoms with van der Waals surface area (Å²) in [4.78, 5) is 0. The van der Waals surface area contributed by atoms with E-state index in [0.29, 0.717) is 11.8 Å². The van der Waals surface area contributed by atoms with Gasteiger partial charge in [-0.3, -0.25) is 0 Å². The molecular weight excluding hydrogens is 556 g/mol. The molecule has 0 aromatic carbocycles. The molecule has 0 saturated carbocycles. The Morgan fingerprint density at radius 1 is 0.696 bits per heavy atom. The van der Waals surface area contributed by atoms with Crippen LogP contribution in [0.5, 0.6) is 0 Å². The first-order chi connectivity index (χ1) is 21.8. The van der Waals surface area contributed by atoms with E-state index in [-0.39, 0.29) is 12.0 Å². The van der Waals surface area contributed by atoms with Crippen molar-refractivity contribution in [3.05, 3.63) is 142 Å². The summed E-state index contributed by atoms with van der Waals surface area (Å²) in [6.07, 6.45) is 42.2. The van der Waals surface area contributed by atoms with Gasteiger partial charge in [0.25, 0.3) is 0 Å². The molecule has 1 aliphatic carbocycles. The zero-order chi connectivity index (χ0) is 34.5. The van der Waals surface area contributed by atoms with E-state index >= 15 is 0 Å². The maximum atomic E-state index is 9.39. The van der Waals surface area contributed by atoms with Gasteiger partial charge in [-0.2, -0.15) is 0 Å². The minimum atomic E-state index is 0.149. The average Bonchev–Trinajstić information content (AvgIpc) is 2.98. The van der Waals surface area contributed by atoms with E-state index in [1.54, 1.807) is 0 Å². The Balaban J connectivity index is 2.63. The van der Waals surface area contributed by atoms with Crippen LogP contribution in [-0.2, 0) is 0 Å². The molecule has 0 bridgehead atoms. The zero-order valence-electron chi connectivity index (χ0n) is 31.3. The number of hydrogen-bond donors (Lipinski definition) is 1. The predicted octanol–water partition coefficient (Wildman–Crippen LogP) is 13.4. The third-order valence-corrected chi connectivity index (χ3v) is 9.03. The highest BCUT2D eigenvalue weighted by Gasteiger charge is 2.38. The van der Waals surface area contributed by atoms with E-state index in [1.165, 1.54) is 39.0 Å². The molecule has 0 aromatic rings. The quantitative estimate of drug-likeness (QED) is 0.126. The molecular formula is C45H66O. The van der Waals surface area contributed by atoms with Gasteiger partial charge in [-0.15, -0.1) is 0 Å². The van der Waals surface area contributed by atoms with Crippen molar-refractivity contribution in [2.75, 3.05) is 6.61 Å². The predicted molar refractivity (Wildman–Crippen MR) is 208 cm³/mol. The number of hydrogen-bond acceptors (Lipinski definition) is 1. The van der Waals surface area contributed by atoms with Crippen LogP contribution < -0.4 is 0 Å². The Morgan fingerprint density at radius 2 is 1.24 bits per heavy atom. The molecule has 1 aliphatic rings. The monoisotopic (exact) mass is 623 g/mol. The standard InChI is InChI=1S/C45H66O/c1-35(2)18-14-21-38(5)24-16-26-39(6)25-15-22-36(3)19-12-13-20-37(4)23-17-27-40(7)29-33-44-42(9)30-32-43(45(44,10)11)31-28-41(8)34-46/h12-13,15,17-20,22-25,27-30,33,43-44,46H,14,16,21,26,31-32,34H2,1-11H3/b13-12+,22-15+,23-17+,33-29+,36-19+,37-20+,38-24+,39-25+,40-27+,41-28+/t43-,44-/m1/s1. The van der Waals surface area contributed by atoms with Crippen molar-refractivity contribution < 1.29 is 5.11 Å². The van der Waals surface area contributed by atoms with E-state index in [0.717, 1.165) is 44.1 Å². The Kier molecular flexibility index (Phi) is 19.9. The van der Waals surface area contributed by atoms with Gasteiger partial charge in [-0.1, -0.05) is 156 Å². The fourth-order valence-corrected chi connectivity index (χ4v) is 5.67. The number of allylic oxidation sites excluding steroid dienone is 23. The molecule has 252 valence electrons. The van der Waals surface area contributed by atoms with Crippen molar-refractivity contribution in [3.63, 3.8) is 0 Å². The molecule has 2 atom stereocenters. The number of rotatable bonds is 17. The summed E-state index contributed by atoms with van der Waals surface area (Å²) in [6, 6.07) is 0. The molecule has 1 rings (SSSR count). The number of aliphatic hydroxyl groups excluding tert-OH is 1. The first kappa shape index (κ1) is 40.9. The second-order valence-electron chi connectivity index (χ2n) is 14.2. The van der Waals surface area contributed by atoms with Crippen molar-refractivity contribution in [1.82, 2.24) is 0 Å². The van der Waals surface area contributed by atoms with Crippen molar-refractivity contribution in [3.8, 4) is 0 Å². The topological polar surface area (TPSA) is 20.2 Å². The van der Waals surface area contributed by atoms with Crippen LogP contribution in [0.15, 0.2) is 142 Å². The molecule has 1 nitrogen and oxygen atoms in total. The first-order valence-electron chi connectivity index (χ1n) is 17.4. The summed E-state index contributed by atoms with van der Waals surface area (Å²) in [5.41, 5.74) is 10.7. The van der Waals surface area contributed by atoms with Gasteiger partial charge in [0, 0.05) is 5.92 Å². The fraction of sp³-hybridized carbons (Fsp3) is 0.467.